The first-order chi connectivity index (χ1) is 2.43. The van der Waals surface area contributed by atoms with Crippen LogP contribution in [0.3, 0.4) is 0 Å². The van der Waals surface area contributed by atoms with Gasteiger partial charge in [0.15, 0.2) is 0 Å². The van der Waals surface area contributed by atoms with Crippen molar-refractivity contribution in [3.8, 4) is 0 Å². The van der Waals surface area contributed by atoms with Gasteiger partial charge in [0.25, 0.3) is 0 Å². The van der Waals surface area contributed by atoms with Crippen molar-refractivity contribution in [2.75, 3.05) is 0 Å². The lowest BCUT2D eigenvalue weighted by atomic mass is 11.0. The van der Waals surface area contributed by atoms with Crippen LogP contribution in [0.4, 0.5) is 0 Å². The predicted molar refractivity (Wildman–Crippen MR) is 28.5 cm³/mol. The van der Waals surface area contributed by atoms with Gasteiger partial charge in [-0.25, -0.2) is 0 Å². The molecule has 0 atom stereocenters. The molecular formula is C4H6S. The lowest BCUT2D eigenvalue weighted by Gasteiger charge is -1.59. The van der Waals surface area contributed by atoms with Crippen LogP contribution in [-0.2, 0) is 0 Å². The fourth-order valence-electron chi connectivity index (χ4n) is 0.189. The van der Waals surface area contributed by atoms with Crippen molar-refractivity contribution < 1.29 is 0 Å². The van der Waals surface area contributed by atoms with Crippen LogP contribution in [0.15, 0.2) is 10.8 Å². The summed E-state index contributed by atoms with van der Waals surface area (Å²) in [5, 5.41) is 6.58. The van der Waals surface area contributed by atoms with Gasteiger partial charge in [-0.1, -0.05) is 5.37 Å². The Labute approximate surface area is 34.4 Å². The minimum absolute atomic E-state index is 0.552. The molecule has 0 saturated carbocycles. The second kappa shape index (κ2) is 0.977. The summed E-state index contributed by atoms with van der Waals surface area (Å²) in [7, 11) is 0.552. The first kappa shape index (κ1) is 3.16. The van der Waals surface area contributed by atoms with Crippen molar-refractivity contribution in [1.82, 2.24) is 0 Å². The summed E-state index contributed by atoms with van der Waals surface area (Å²) >= 11 is 0. The van der Waals surface area contributed by atoms with Gasteiger partial charge in [-0.15, -0.1) is 10.5 Å². The molecule has 1 aliphatic rings. The molecule has 0 aliphatic carbocycles. The zero-order valence-electron chi connectivity index (χ0n) is 3.14. The molecule has 1 heteroatoms. The van der Waals surface area contributed by atoms with Crippen molar-refractivity contribution in [2.45, 2.75) is 6.92 Å². The van der Waals surface area contributed by atoms with E-state index in [1.165, 1.54) is 0 Å². The third kappa shape index (κ3) is 0.618. The molecule has 0 spiro atoms. The average Bonchev–Trinajstić information content (AvgIpc) is 2.12. The number of hydrogen-bond acceptors (Lipinski definition) is 0. The number of hydrogen-bond donors (Lipinski definition) is 0. The highest BCUT2D eigenvalue weighted by atomic mass is 32.2. The molecule has 0 amide bonds. The van der Waals surface area contributed by atoms with E-state index in [0.717, 1.165) is 0 Å². The standard InChI is InChI=1S/C4H6S/c1-2-5-3-4-5/h2-4H,1H3. The van der Waals surface area contributed by atoms with E-state index in [9.17, 15) is 0 Å². The summed E-state index contributed by atoms with van der Waals surface area (Å²) in [5.74, 6) is 0. The molecule has 0 aromatic heterocycles. The van der Waals surface area contributed by atoms with Crippen molar-refractivity contribution >= 4 is 15.9 Å². The SMILES string of the molecule is CC=S1C=C1. The molecule has 0 radical (unpaired) electrons. The van der Waals surface area contributed by atoms with E-state index < -0.39 is 0 Å². The Morgan fingerprint density at radius 1 is 1.60 bits per heavy atom. The molecule has 5 heavy (non-hydrogen) atoms. The maximum atomic E-state index is 2.19. The van der Waals surface area contributed by atoms with Gasteiger partial charge in [0.1, 0.15) is 0 Å². The van der Waals surface area contributed by atoms with Gasteiger partial charge < -0.3 is 0 Å². The molecule has 0 bridgehead atoms. The van der Waals surface area contributed by atoms with Crippen LogP contribution in [0.25, 0.3) is 0 Å². The van der Waals surface area contributed by atoms with Crippen molar-refractivity contribution in [3.05, 3.63) is 10.8 Å². The molecule has 0 nitrogen and oxygen atoms in total. The molecular weight excluding hydrogens is 80.1 g/mol. The van der Waals surface area contributed by atoms with Gasteiger partial charge >= 0.3 is 0 Å². The van der Waals surface area contributed by atoms with Crippen LogP contribution in [0.5, 0.6) is 0 Å². The zero-order chi connectivity index (χ0) is 3.70. The normalized spacial score (nSPS) is 19.4. The summed E-state index contributed by atoms with van der Waals surface area (Å²) < 4.78 is 0. The van der Waals surface area contributed by atoms with E-state index >= 15 is 0 Å². The second-order valence-corrected chi connectivity index (χ2v) is 2.75. The summed E-state index contributed by atoms with van der Waals surface area (Å²) in [6.45, 7) is 2.09. The molecule has 0 saturated heterocycles. The van der Waals surface area contributed by atoms with Crippen molar-refractivity contribution in [3.63, 3.8) is 0 Å². The van der Waals surface area contributed by atoms with Crippen LogP contribution >= 0.6 is 10.5 Å². The molecule has 0 N–H and O–H groups in total. The smallest absolute Gasteiger partial charge is 0.0249 e. The van der Waals surface area contributed by atoms with Gasteiger partial charge in [0.2, 0.25) is 0 Å². The van der Waals surface area contributed by atoms with E-state index in [-0.39, 0.29) is 0 Å². The minimum atomic E-state index is 0.552. The van der Waals surface area contributed by atoms with Gasteiger partial charge in [-0.3, -0.25) is 0 Å². The molecule has 1 heterocycles. The summed E-state index contributed by atoms with van der Waals surface area (Å²) in [5.41, 5.74) is 0. The fraction of sp³-hybridized carbons (Fsp3) is 0.250. The average molecular weight is 86.2 g/mol. The quantitative estimate of drug-likeness (QED) is 0.392. The van der Waals surface area contributed by atoms with E-state index in [0.29, 0.717) is 10.5 Å². The van der Waals surface area contributed by atoms with Crippen LogP contribution in [0.1, 0.15) is 6.92 Å². The van der Waals surface area contributed by atoms with E-state index in [4.69, 9.17) is 0 Å². The van der Waals surface area contributed by atoms with E-state index in [1.54, 1.807) is 0 Å². The van der Waals surface area contributed by atoms with E-state index in [1.807, 2.05) is 0 Å². The zero-order valence-corrected chi connectivity index (χ0v) is 3.96. The molecule has 0 fully saturated rings. The van der Waals surface area contributed by atoms with Crippen LogP contribution < -0.4 is 0 Å². The Hall–Kier alpha value is -0.0400. The van der Waals surface area contributed by atoms with Crippen molar-refractivity contribution in [1.29, 1.82) is 0 Å². The topological polar surface area (TPSA) is 0 Å². The highest BCUT2D eigenvalue weighted by molar-refractivity contribution is 8.25. The number of rotatable bonds is 0. The highest BCUT2D eigenvalue weighted by Gasteiger charge is 1.88. The third-order valence-electron chi connectivity index (χ3n) is 0.565. The lowest BCUT2D eigenvalue weighted by molar-refractivity contribution is 2.14. The maximum Gasteiger partial charge on any atom is -0.0249 e. The van der Waals surface area contributed by atoms with Gasteiger partial charge in [-0.2, -0.15) is 0 Å². The predicted octanol–water partition coefficient (Wildman–Crippen LogP) is 1.56. The second-order valence-electron chi connectivity index (χ2n) is 0.916. The van der Waals surface area contributed by atoms with Crippen LogP contribution in [0.2, 0.25) is 0 Å². The first-order valence-corrected chi connectivity index (χ1v) is 3.03. The summed E-state index contributed by atoms with van der Waals surface area (Å²) in [6, 6.07) is 0. The largest absolute Gasteiger partial charge is 0.141 e. The Kier molecular flexibility index (Phi) is 0.618. The Morgan fingerprint density at radius 2 is 2.20 bits per heavy atom. The fourth-order valence-corrected chi connectivity index (χ4v) is 0.760. The highest BCUT2D eigenvalue weighted by Crippen LogP contribution is 2.29. The lowest BCUT2D eigenvalue weighted by Crippen LogP contribution is -1.38. The molecule has 1 aliphatic heterocycles. The van der Waals surface area contributed by atoms with Gasteiger partial charge in [-0.05, 0) is 17.7 Å². The van der Waals surface area contributed by atoms with E-state index in [2.05, 4.69) is 23.1 Å². The van der Waals surface area contributed by atoms with Crippen molar-refractivity contribution in [2.24, 2.45) is 0 Å². The maximum absolute atomic E-state index is 2.19. The monoisotopic (exact) mass is 86.0 g/mol. The summed E-state index contributed by atoms with van der Waals surface area (Å²) in [6.07, 6.45) is 0. The molecule has 0 aromatic carbocycles. The van der Waals surface area contributed by atoms with Gasteiger partial charge in [0.05, 0.1) is 0 Å². The van der Waals surface area contributed by atoms with Gasteiger partial charge in [0, 0.05) is 0 Å². The molecule has 1 rings (SSSR count). The summed E-state index contributed by atoms with van der Waals surface area (Å²) in [4.78, 5) is 0. The Balaban J connectivity index is 2.54. The Bertz CT molecular complexity index is 81.8. The minimum Gasteiger partial charge on any atom is -0.141 e. The first-order valence-electron chi connectivity index (χ1n) is 1.62. The third-order valence-corrected chi connectivity index (χ3v) is 1.70. The molecule has 28 valence electrons. The van der Waals surface area contributed by atoms with Crippen LogP contribution in [0, 0.1) is 0 Å². The Morgan fingerprint density at radius 3 is 2.20 bits per heavy atom. The van der Waals surface area contributed by atoms with Crippen LogP contribution in [-0.4, -0.2) is 5.37 Å². The molecule has 0 aromatic rings. The molecule has 0 unspecified atom stereocenters.